The van der Waals surface area contributed by atoms with Gasteiger partial charge in [-0.3, -0.25) is 23.5 Å². The number of carbonyl (C=O) groups is 2. The van der Waals surface area contributed by atoms with E-state index in [2.05, 4.69) is 15.6 Å². The Morgan fingerprint density at radius 3 is 1.57 bits per heavy atom. The van der Waals surface area contributed by atoms with E-state index in [9.17, 15) is 26.4 Å². The van der Waals surface area contributed by atoms with Gasteiger partial charge in [0.05, 0.1) is 26.9 Å². The maximum atomic E-state index is 13.3. The first-order chi connectivity index (χ1) is 25.6. The van der Waals surface area contributed by atoms with Gasteiger partial charge in [0.25, 0.3) is 31.9 Å². The average Bonchev–Trinajstić information content (AvgIpc) is 3.95. The Bertz CT molecular complexity index is 2590. The van der Waals surface area contributed by atoms with Gasteiger partial charge in [0.2, 0.25) is 0 Å². The number of nitrogens with zero attached hydrogens (tertiary/aromatic N) is 3. The van der Waals surface area contributed by atoms with Gasteiger partial charge in [0.15, 0.2) is 5.13 Å². The molecule has 0 unspecified atom stereocenters. The zero-order chi connectivity index (χ0) is 36.7. The molecule has 0 bridgehead atoms. The van der Waals surface area contributed by atoms with Crippen LogP contribution in [0.1, 0.15) is 31.8 Å². The summed E-state index contributed by atoms with van der Waals surface area (Å²) in [5, 5.41) is 7.77. The number of rotatable bonds is 9. The highest BCUT2D eigenvalue weighted by molar-refractivity contribution is 7.93. The average molecular weight is 762 g/mol. The van der Waals surface area contributed by atoms with Gasteiger partial charge in [-0.05, 0) is 96.8 Å². The number of carbonyl (C=O) groups excluding carboxylic acids is 2. The molecule has 2 N–H and O–H groups in total. The second-order valence-corrected chi connectivity index (χ2v) is 17.1. The second kappa shape index (κ2) is 13.6. The third kappa shape index (κ3) is 6.56. The van der Waals surface area contributed by atoms with Crippen molar-refractivity contribution in [3.63, 3.8) is 0 Å². The molecule has 0 spiro atoms. The number of aromatic nitrogens is 1. The van der Waals surface area contributed by atoms with Gasteiger partial charge in [-0.25, -0.2) is 21.8 Å². The molecule has 266 valence electrons. The van der Waals surface area contributed by atoms with E-state index < -0.39 is 26.0 Å². The standard InChI is InChI=1S/C39H31N5O6S3/c45-37(29-11-17-32(18-12-29)52(47,48)43-23-21-27-5-1-3-7-35(27)43)40-31-15-9-26(10-16-31)34-25-51-39(41-34)42-38(46)30-13-19-33(20-14-30)53(49,50)44-24-22-28-6-2-4-8-36(28)44/h1-20,25H,21-24H2,(H,40,45)(H,41,42,46). The lowest BCUT2D eigenvalue weighted by molar-refractivity contribution is 0.101. The van der Waals surface area contributed by atoms with Crippen molar-refractivity contribution in [3.8, 4) is 11.3 Å². The smallest absolute Gasteiger partial charge is 0.264 e. The summed E-state index contributed by atoms with van der Waals surface area (Å²) < 4.78 is 56.1. The number of hydrogen-bond donors (Lipinski definition) is 2. The van der Waals surface area contributed by atoms with Gasteiger partial charge in [0, 0.05) is 40.8 Å². The molecule has 2 amide bonds. The molecule has 2 aliphatic heterocycles. The van der Waals surface area contributed by atoms with E-state index >= 15 is 0 Å². The van der Waals surface area contributed by atoms with Crippen molar-refractivity contribution in [3.05, 3.63) is 149 Å². The van der Waals surface area contributed by atoms with Gasteiger partial charge >= 0.3 is 0 Å². The second-order valence-electron chi connectivity index (χ2n) is 12.5. The van der Waals surface area contributed by atoms with Gasteiger partial charge in [-0.15, -0.1) is 11.3 Å². The van der Waals surface area contributed by atoms with Crippen LogP contribution in [0, 0.1) is 0 Å². The van der Waals surface area contributed by atoms with Crippen LogP contribution >= 0.6 is 11.3 Å². The lowest BCUT2D eigenvalue weighted by Crippen LogP contribution is -2.29. The van der Waals surface area contributed by atoms with Crippen molar-refractivity contribution in [1.82, 2.24) is 4.98 Å². The molecule has 1 aromatic heterocycles. The van der Waals surface area contributed by atoms with Crippen LogP contribution in [0.5, 0.6) is 0 Å². The number of amides is 2. The fourth-order valence-electron chi connectivity index (χ4n) is 6.49. The molecule has 11 nitrogen and oxygen atoms in total. The minimum absolute atomic E-state index is 0.106. The van der Waals surface area contributed by atoms with Crippen molar-refractivity contribution in [1.29, 1.82) is 0 Å². The summed E-state index contributed by atoms with van der Waals surface area (Å²) >= 11 is 1.24. The van der Waals surface area contributed by atoms with Crippen LogP contribution in [0.3, 0.4) is 0 Å². The molecule has 0 atom stereocenters. The monoisotopic (exact) mass is 761 g/mol. The summed E-state index contributed by atoms with van der Waals surface area (Å²) in [6.07, 6.45) is 1.30. The van der Waals surface area contributed by atoms with Gasteiger partial charge < -0.3 is 5.32 Å². The SMILES string of the molecule is O=C(Nc1ccc(-c2csc(NC(=O)c3ccc(S(=O)(=O)N4CCc5ccccc54)cc3)n2)cc1)c1ccc(S(=O)(=O)N2CCc3ccccc32)cc1. The number of para-hydroxylation sites is 2. The number of thiazole rings is 1. The number of fused-ring (bicyclic) bond motifs is 2. The predicted molar refractivity (Wildman–Crippen MR) is 206 cm³/mol. The van der Waals surface area contributed by atoms with E-state index in [1.54, 1.807) is 41.8 Å². The normalized spacial score (nSPS) is 13.7. The lowest BCUT2D eigenvalue weighted by Gasteiger charge is -2.19. The van der Waals surface area contributed by atoms with E-state index in [1.807, 2.05) is 36.4 Å². The minimum atomic E-state index is -3.78. The summed E-state index contributed by atoms with van der Waals surface area (Å²) in [7, 11) is -7.54. The highest BCUT2D eigenvalue weighted by atomic mass is 32.2. The summed E-state index contributed by atoms with van der Waals surface area (Å²) in [6.45, 7) is 0.741. The molecule has 0 fully saturated rings. The highest BCUT2D eigenvalue weighted by Crippen LogP contribution is 2.34. The summed E-state index contributed by atoms with van der Waals surface area (Å²) in [5.41, 5.74) is 5.84. The molecule has 0 saturated carbocycles. The molecule has 8 rings (SSSR count). The third-order valence-electron chi connectivity index (χ3n) is 9.26. The van der Waals surface area contributed by atoms with Crippen molar-refractivity contribution in [2.24, 2.45) is 0 Å². The number of benzene rings is 5. The van der Waals surface area contributed by atoms with Crippen LogP contribution < -0.4 is 19.2 Å². The van der Waals surface area contributed by atoms with E-state index in [0.29, 0.717) is 59.4 Å². The summed E-state index contributed by atoms with van der Waals surface area (Å²) in [5.74, 6) is -0.815. The highest BCUT2D eigenvalue weighted by Gasteiger charge is 2.32. The Kier molecular flexibility index (Phi) is 8.80. The van der Waals surface area contributed by atoms with Crippen molar-refractivity contribution >= 4 is 65.4 Å². The largest absolute Gasteiger partial charge is 0.322 e. The first-order valence-electron chi connectivity index (χ1n) is 16.7. The van der Waals surface area contributed by atoms with Crippen molar-refractivity contribution < 1.29 is 26.4 Å². The van der Waals surface area contributed by atoms with E-state index in [0.717, 1.165) is 16.7 Å². The zero-order valence-electron chi connectivity index (χ0n) is 28.0. The Balaban J connectivity index is 0.875. The zero-order valence-corrected chi connectivity index (χ0v) is 30.4. The molecule has 0 radical (unpaired) electrons. The maximum absolute atomic E-state index is 13.3. The van der Waals surface area contributed by atoms with Gasteiger partial charge in [-0.1, -0.05) is 48.5 Å². The topological polar surface area (TPSA) is 146 Å². The Labute approximate surface area is 310 Å². The summed E-state index contributed by atoms with van der Waals surface area (Å²) in [6, 6.07) is 33.6. The van der Waals surface area contributed by atoms with E-state index in [1.165, 1.54) is 68.5 Å². The van der Waals surface area contributed by atoms with E-state index in [4.69, 9.17) is 0 Å². The number of nitrogens with one attached hydrogen (secondary N) is 2. The van der Waals surface area contributed by atoms with Crippen LogP contribution in [-0.4, -0.2) is 46.7 Å². The quantitative estimate of drug-likeness (QED) is 0.165. The summed E-state index contributed by atoms with van der Waals surface area (Å²) in [4.78, 5) is 30.7. The Hall–Kier alpha value is -5.83. The molecule has 6 aromatic rings. The molecule has 53 heavy (non-hydrogen) atoms. The van der Waals surface area contributed by atoms with Crippen molar-refractivity contribution in [2.45, 2.75) is 22.6 Å². The maximum Gasteiger partial charge on any atom is 0.264 e. The van der Waals surface area contributed by atoms with Crippen LogP contribution in [0.15, 0.2) is 136 Å². The minimum Gasteiger partial charge on any atom is -0.322 e. The first-order valence-corrected chi connectivity index (χ1v) is 20.4. The fourth-order valence-corrected chi connectivity index (χ4v) is 10.2. The molecular weight excluding hydrogens is 731 g/mol. The fraction of sp³-hybridized carbons (Fsp3) is 0.103. The molecule has 0 saturated heterocycles. The van der Waals surface area contributed by atoms with Crippen molar-refractivity contribution in [2.75, 3.05) is 32.3 Å². The number of sulfonamides is 2. The molecule has 0 aliphatic carbocycles. The molecule has 2 aliphatic rings. The van der Waals surface area contributed by atoms with Crippen LogP contribution in [-0.2, 0) is 32.9 Å². The van der Waals surface area contributed by atoms with Crippen LogP contribution in [0.25, 0.3) is 11.3 Å². The van der Waals surface area contributed by atoms with E-state index in [-0.39, 0.29) is 21.3 Å². The Morgan fingerprint density at radius 2 is 1.06 bits per heavy atom. The molecular formula is C39H31N5O6S3. The first kappa shape index (κ1) is 34.3. The third-order valence-corrected chi connectivity index (χ3v) is 13.7. The Morgan fingerprint density at radius 1 is 0.585 bits per heavy atom. The predicted octanol–water partition coefficient (Wildman–Crippen LogP) is 6.82. The molecule has 5 aromatic carbocycles. The van der Waals surface area contributed by atoms with Gasteiger partial charge in [0.1, 0.15) is 0 Å². The lowest BCUT2D eigenvalue weighted by atomic mass is 10.1. The number of hydrogen-bond acceptors (Lipinski definition) is 8. The van der Waals surface area contributed by atoms with Gasteiger partial charge in [-0.2, -0.15) is 0 Å². The molecule has 3 heterocycles. The van der Waals surface area contributed by atoms with Crippen LogP contribution in [0.2, 0.25) is 0 Å². The van der Waals surface area contributed by atoms with Crippen LogP contribution in [0.4, 0.5) is 22.2 Å². The number of anilines is 4. The molecule has 14 heteroatoms.